The molecule has 0 radical (unpaired) electrons. The molecule has 0 aromatic rings. The summed E-state index contributed by atoms with van der Waals surface area (Å²) in [6.45, 7) is 11.0. The Morgan fingerprint density at radius 1 is 1.12 bits per heavy atom. The fraction of sp³-hybridized carbons (Fsp3) is 0.923. The molecule has 0 rings (SSSR count). The number of carbonyl (C=O) groups excluding carboxylic acids is 1. The van der Waals surface area contributed by atoms with Crippen molar-refractivity contribution in [2.75, 3.05) is 6.54 Å². The van der Waals surface area contributed by atoms with Gasteiger partial charge in [0.05, 0.1) is 6.54 Å². The first-order valence-corrected chi connectivity index (χ1v) is 6.52. The molecule has 0 aromatic heterocycles. The Morgan fingerprint density at radius 3 is 2.19 bits per heavy atom. The first-order chi connectivity index (χ1) is 7.49. The van der Waals surface area contributed by atoms with Gasteiger partial charge in [0.15, 0.2) is 0 Å². The fourth-order valence-corrected chi connectivity index (χ4v) is 1.66. The minimum absolute atomic E-state index is 0.0950. The molecule has 0 saturated carbocycles. The minimum atomic E-state index is 0.0950. The largest absolute Gasteiger partial charge is 0.353 e. The van der Waals surface area contributed by atoms with Crippen LogP contribution >= 0.6 is 0 Å². The molecule has 0 aromatic carbocycles. The first kappa shape index (κ1) is 15.4. The van der Waals surface area contributed by atoms with Gasteiger partial charge in [-0.1, -0.05) is 27.2 Å². The van der Waals surface area contributed by atoms with Crippen molar-refractivity contribution in [1.82, 2.24) is 10.6 Å². The molecule has 2 atom stereocenters. The van der Waals surface area contributed by atoms with Crippen molar-refractivity contribution < 1.29 is 4.79 Å². The lowest BCUT2D eigenvalue weighted by atomic mass is 9.98. The van der Waals surface area contributed by atoms with Crippen molar-refractivity contribution in [3.63, 3.8) is 0 Å². The molecule has 1 amide bonds. The number of hydrogen-bond acceptors (Lipinski definition) is 2. The average molecular weight is 228 g/mol. The molecule has 96 valence electrons. The van der Waals surface area contributed by atoms with Crippen LogP contribution in [0.15, 0.2) is 0 Å². The van der Waals surface area contributed by atoms with Gasteiger partial charge in [-0.2, -0.15) is 0 Å². The van der Waals surface area contributed by atoms with Gasteiger partial charge in [-0.05, 0) is 32.6 Å². The first-order valence-electron chi connectivity index (χ1n) is 6.52. The zero-order valence-electron chi connectivity index (χ0n) is 11.5. The molecule has 2 unspecified atom stereocenters. The van der Waals surface area contributed by atoms with Gasteiger partial charge in [0.25, 0.3) is 0 Å². The maximum absolute atomic E-state index is 11.5. The summed E-state index contributed by atoms with van der Waals surface area (Å²) in [7, 11) is 0. The smallest absolute Gasteiger partial charge is 0.234 e. The zero-order chi connectivity index (χ0) is 12.6. The molecule has 0 aliphatic heterocycles. The maximum atomic E-state index is 11.5. The second-order valence-electron chi connectivity index (χ2n) is 4.96. The molecule has 3 heteroatoms. The molecule has 0 bridgehead atoms. The summed E-state index contributed by atoms with van der Waals surface area (Å²) >= 11 is 0. The van der Waals surface area contributed by atoms with Crippen LogP contribution in [0.4, 0.5) is 0 Å². The molecular formula is C13H28N2O. The highest BCUT2D eigenvalue weighted by molar-refractivity contribution is 5.78. The summed E-state index contributed by atoms with van der Waals surface area (Å²) in [6, 6.07) is 0.691. The van der Waals surface area contributed by atoms with E-state index in [9.17, 15) is 4.79 Å². The van der Waals surface area contributed by atoms with E-state index in [-0.39, 0.29) is 11.9 Å². The zero-order valence-corrected chi connectivity index (χ0v) is 11.5. The van der Waals surface area contributed by atoms with Crippen LogP contribution in [0.5, 0.6) is 0 Å². The van der Waals surface area contributed by atoms with Crippen molar-refractivity contribution in [2.24, 2.45) is 5.92 Å². The fourth-order valence-electron chi connectivity index (χ4n) is 1.66. The predicted molar refractivity (Wildman–Crippen MR) is 69.4 cm³/mol. The lowest BCUT2D eigenvalue weighted by Crippen LogP contribution is -2.41. The monoisotopic (exact) mass is 228 g/mol. The highest BCUT2D eigenvalue weighted by Crippen LogP contribution is 2.11. The lowest BCUT2D eigenvalue weighted by molar-refractivity contribution is -0.120. The minimum Gasteiger partial charge on any atom is -0.353 e. The molecule has 0 aliphatic rings. The van der Waals surface area contributed by atoms with E-state index in [1.165, 1.54) is 6.42 Å². The van der Waals surface area contributed by atoms with Gasteiger partial charge in [-0.15, -0.1) is 0 Å². The topological polar surface area (TPSA) is 41.1 Å². The third kappa shape index (κ3) is 7.69. The molecule has 16 heavy (non-hydrogen) atoms. The van der Waals surface area contributed by atoms with E-state index in [4.69, 9.17) is 0 Å². The van der Waals surface area contributed by atoms with E-state index in [1.807, 2.05) is 13.8 Å². The van der Waals surface area contributed by atoms with Gasteiger partial charge in [-0.3, -0.25) is 4.79 Å². The van der Waals surface area contributed by atoms with E-state index in [2.05, 4.69) is 31.4 Å². The van der Waals surface area contributed by atoms with Crippen LogP contribution < -0.4 is 10.6 Å². The van der Waals surface area contributed by atoms with E-state index in [1.54, 1.807) is 0 Å². The molecule has 0 saturated heterocycles. The van der Waals surface area contributed by atoms with E-state index in [0.29, 0.717) is 12.6 Å². The highest BCUT2D eigenvalue weighted by Gasteiger charge is 2.11. The highest BCUT2D eigenvalue weighted by atomic mass is 16.1. The number of hydrogen-bond donors (Lipinski definition) is 2. The van der Waals surface area contributed by atoms with E-state index in [0.717, 1.165) is 18.8 Å². The Labute approximate surface area is 100 Å². The summed E-state index contributed by atoms with van der Waals surface area (Å²) in [5.41, 5.74) is 0. The van der Waals surface area contributed by atoms with Gasteiger partial charge >= 0.3 is 0 Å². The van der Waals surface area contributed by atoms with Crippen molar-refractivity contribution in [3.05, 3.63) is 0 Å². The summed E-state index contributed by atoms with van der Waals surface area (Å²) in [4.78, 5) is 11.5. The number of amides is 1. The van der Waals surface area contributed by atoms with Crippen LogP contribution in [-0.4, -0.2) is 24.5 Å². The SMILES string of the molecule is CCC(C)CC(CC)NCC(=O)NC(C)C. The number of rotatable bonds is 8. The normalized spacial score (nSPS) is 14.9. The third-order valence-electron chi connectivity index (χ3n) is 2.88. The Kier molecular flexibility index (Phi) is 8.26. The third-order valence-corrected chi connectivity index (χ3v) is 2.88. The Balaban J connectivity index is 3.82. The van der Waals surface area contributed by atoms with Gasteiger partial charge in [-0.25, -0.2) is 0 Å². The summed E-state index contributed by atoms with van der Waals surface area (Å²) in [5.74, 6) is 0.822. The van der Waals surface area contributed by atoms with Gasteiger partial charge < -0.3 is 10.6 Å². The van der Waals surface area contributed by atoms with Crippen molar-refractivity contribution >= 4 is 5.91 Å². The molecule has 3 nitrogen and oxygen atoms in total. The van der Waals surface area contributed by atoms with Crippen molar-refractivity contribution in [2.45, 2.75) is 66.0 Å². The van der Waals surface area contributed by atoms with Gasteiger partial charge in [0, 0.05) is 12.1 Å². The Hall–Kier alpha value is -0.570. The quantitative estimate of drug-likeness (QED) is 0.669. The molecule has 0 fully saturated rings. The van der Waals surface area contributed by atoms with Crippen LogP contribution in [0.3, 0.4) is 0 Å². The Bertz CT molecular complexity index is 192. The second-order valence-corrected chi connectivity index (χ2v) is 4.96. The van der Waals surface area contributed by atoms with Crippen molar-refractivity contribution in [3.8, 4) is 0 Å². The Morgan fingerprint density at radius 2 is 1.75 bits per heavy atom. The maximum Gasteiger partial charge on any atom is 0.234 e. The predicted octanol–water partition coefficient (Wildman–Crippen LogP) is 2.32. The van der Waals surface area contributed by atoms with Crippen LogP contribution in [0.2, 0.25) is 0 Å². The second kappa shape index (κ2) is 8.57. The summed E-state index contributed by atoms with van der Waals surface area (Å²) in [5, 5.41) is 6.22. The van der Waals surface area contributed by atoms with Crippen LogP contribution in [0, 0.1) is 5.92 Å². The van der Waals surface area contributed by atoms with Crippen molar-refractivity contribution in [1.29, 1.82) is 0 Å². The molecule has 0 aliphatic carbocycles. The van der Waals surface area contributed by atoms with Crippen LogP contribution in [-0.2, 0) is 4.79 Å². The van der Waals surface area contributed by atoms with Crippen LogP contribution in [0.25, 0.3) is 0 Å². The molecule has 0 spiro atoms. The van der Waals surface area contributed by atoms with E-state index >= 15 is 0 Å². The molecule has 0 heterocycles. The standard InChI is InChI=1S/C13H28N2O/c1-6-11(5)8-12(7-2)14-9-13(16)15-10(3)4/h10-12,14H,6-9H2,1-5H3,(H,15,16). The molecular weight excluding hydrogens is 200 g/mol. The number of carbonyl (C=O) groups is 1. The average Bonchev–Trinajstić information content (AvgIpc) is 2.22. The van der Waals surface area contributed by atoms with Gasteiger partial charge in [0.2, 0.25) is 5.91 Å². The molecule has 2 N–H and O–H groups in total. The van der Waals surface area contributed by atoms with Crippen LogP contribution in [0.1, 0.15) is 53.9 Å². The number of nitrogens with one attached hydrogen (secondary N) is 2. The van der Waals surface area contributed by atoms with Gasteiger partial charge in [0.1, 0.15) is 0 Å². The van der Waals surface area contributed by atoms with E-state index < -0.39 is 0 Å². The lowest BCUT2D eigenvalue weighted by Gasteiger charge is -2.20. The summed E-state index contributed by atoms with van der Waals surface area (Å²) in [6.07, 6.45) is 3.44. The summed E-state index contributed by atoms with van der Waals surface area (Å²) < 4.78 is 0.